The van der Waals surface area contributed by atoms with Crippen LogP contribution in [0, 0.1) is 17.6 Å². The molecule has 2 atom stereocenters. The quantitative estimate of drug-likeness (QED) is 0.751. The molecule has 1 aromatic carbocycles. The summed E-state index contributed by atoms with van der Waals surface area (Å²) in [4.78, 5) is 16.1. The van der Waals surface area contributed by atoms with E-state index in [4.69, 9.17) is 0 Å². The van der Waals surface area contributed by atoms with Gasteiger partial charge in [-0.3, -0.25) is 9.69 Å². The first-order valence-electron chi connectivity index (χ1n) is 9.92. The molecular weight excluding hydrogens is 366 g/mol. The number of halogens is 2. The zero-order chi connectivity index (χ0) is 20.1. The van der Waals surface area contributed by atoms with E-state index in [1.807, 2.05) is 0 Å². The van der Waals surface area contributed by atoms with Gasteiger partial charge in [0, 0.05) is 38.3 Å². The van der Waals surface area contributed by atoms with Gasteiger partial charge < -0.3 is 15.1 Å². The van der Waals surface area contributed by atoms with Crippen molar-refractivity contribution in [2.24, 2.45) is 5.92 Å². The molecule has 28 heavy (non-hydrogen) atoms. The summed E-state index contributed by atoms with van der Waals surface area (Å²) >= 11 is 0. The van der Waals surface area contributed by atoms with Crippen molar-refractivity contribution in [3.05, 3.63) is 41.5 Å². The highest BCUT2D eigenvalue weighted by Gasteiger charge is 2.29. The maximum atomic E-state index is 13.2. The van der Waals surface area contributed by atoms with Crippen LogP contribution in [-0.4, -0.2) is 70.9 Å². The third kappa shape index (κ3) is 5.83. The normalized spacial score (nSPS) is 23.3. The molecule has 7 heteroatoms. The summed E-state index contributed by atoms with van der Waals surface area (Å²) in [6.07, 6.45) is 5.17. The van der Waals surface area contributed by atoms with E-state index >= 15 is 0 Å². The van der Waals surface area contributed by atoms with E-state index in [-0.39, 0.29) is 17.9 Å². The minimum absolute atomic E-state index is 0.129. The Bertz CT molecular complexity index is 685. The second-order valence-electron chi connectivity index (χ2n) is 7.82. The Morgan fingerprint density at radius 1 is 1.14 bits per heavy atom. The topological polar surface area (TPSA) is 64.0 Å². The van der Waals surface area contributed by atoms with Gasteiger partial charge in [-0.15, -0.1) is 0 Å². The summed E-state index contributed by atoms with van der Waals surface area (Å²) in [7, 11) is 0. The zero-order valence-corrected chi connectivity index (χ0v) is 15.9. The van der Waals surface area contributed by atoms with Gasteiger partial charge in [0.25, 0.3) is 0 Å². The molecule has 0 saturated carbocycles. The number of aliphatic hydroxyl groups excluding tert-OH is 2. The fraction of sp³-hybridized carbons (Fsp3) is 0.571. The number of carbonyl (C=O) groups is 1. The lowest BCUT2D eigenvalue weighted by Crippen LogP contribution is -2.46. The highest BCUT2D eigenvalue weighted by molar-refractivity contribution is 5.91. The molecule has 0 aliphatic carbocycles. The predicted octanol–water partition coefficient (Wildman–Crippen LogP) is 2.03. The highest BCUT2D eigenvalue weighted by atomic mass is 19.1. The first kappa shape index (κ1) is 20.9. The number of carbonyl (C=O) groups excluding carboxylic acids is 1. The van der Waals surface area contributed by atoms with Crippen molar-refractivity contribution >= 4 is 12.0 Å². The lowest BCUT2D eigenvalue weighted by atomic mass is 9.90. The molecule has 1 aromatic rings. The Kier molecular flexibility index (Phi) is 7.15. The minimum atomic E-state index is -0.678. The maximum absolute atomic E-state index is 13.2. The minimum Gasteiger partial charge on any atom is -0.392 e. The third-order valence-corrected chi connectivity index (χ3v) is 5.62. The number of β-amino-alcohol motifs (C(OH)–C–C–N with tert-alkyl or cyclic N) is 2. The second kappa shape index (κ2) is 9.58. The van der Waals surface area contributed by atoms with Crippen LogP contribution in [0.15, 0.2) is 24.3 Å². The summed E-state index contributed by atoms with van der Waals surface area (Å²) in [6, 6.07) is 3.14. The Hall–Kier alpha value is -1.83. The summed E-state index contributed by atoms with van der Waals surface area (Å²) in [5.74, 6) is -1.42. The molecule has 3 rings (SSSR count). The van der Waals surface area contributed by atoms with Gasteiger partial charge in [0.1, 0.15) is 11.6 Å². The SMILES string of the molecule is O=C(/C=C/c1cc(F)cc(F)c1)N1CCC(C(O)CN2CCCC(O)C2)CC1. The molecule has 2 heterocycles. The Morgan fingerprint density at radius 2 is 1.82 bits per heavy atom. The van der Waals surface area contributed by atoms with Crippen molar-refractivity contribution in [2.45, 2.75) is 37.9 Å². The van der Waals surface area contributed by atoms with Crippen LogP contribution in [0.2, 0.25) is 0 Å². The Morgan fingerprint density at radius 3 is 2.46 bits per heavy atom. The molecule has 2 N–H and O–H groups in total. The van der Waals surface area contributed by atoms with Crippen molar-refractivity contribution in [2.75, 3.05) is 32.7 Å². The number of hydrogen-bond acceptors (Lipinski definition) is 4. The molecular formula is C21H28F2N2O3. The highest BCUT2D eigenvalue weighted by Crippen LogP contribution is 2.23. The van der Waals surface area contributed by atoms with Gasteiger partial charge in [0.05, 0.1) is 12.2 Å². The van der Waals surface area contributed by atoms with Gasteiger partial charge in [-0.05, 0) is 61.9 Å². The second-order valence-corrected chi connectivity index (χ2v) is 7.82. The predicted molar refractivity (Wildman–Crippen MR) is 102 cm³/mol. The molecule has 1 amide bonds. The molecule has 2 aliphatic rings. The van der Waals surface area contributed by atoms with Crippen molar-refractivity contribution in [1.29, 1.82) is 0 Å². The maximum Gasteiger partial charge on any atom is 0.246 e. The molecule has 2 unspecified atom stereocenters. The average Bonchev–Trinajstić information content (AvgIpc) is 2.65. The third-order valence-electron chi connectivity index (χ3n) is 5.62. The fourth-order valence-electron chi connectivity index (χ4n) is 4.06. The number of rotatable bonds is 5. The summed E-state index contributed by atoms with van der Waals surface area (Å²) < 4.78 is 26.4. The van der Waals surface area contributed by atoms with Gasteiger partial charge in [0.15, 0.2) is 0 Å². The van der Waals surface area contributed by atoms with E-state index in [0.29, 0.717) is 44.6 Å². The van der Waals surface area contributed by atoms with Gasteiger partial charge in [-0.2, -0.15) is 0 Å². The van der Waals surface area contributed by atoms with Gasteiger partial charge in [-0.1, -0.05) is 0 Å². The van der Waals surface area contributed by atoms with Crippen LogP contribution in [0.3, 0.4) is 0 Å². The largest absolute Gasteiger partial charge is 0.392 e. The Labute approximate surface area is 164 Å². The Balaban J connectivity index is 1.46. The van der Waals surface area contributed by atoms with E-state index in [9.17, 15) is 23.8 Å². The lowest BCUT2D eigenvalue weighted by molar-refractivity contribution is -0.128. The number of nitrogens with zero attached hydrogens (tertiary/aromatic N) is 2. The smallest absolute Gasteiger partial charge is 0.246 e. The number of hydrogen-bond donors (Lipinski definition) is 2. The number of likely N-dealkylation sites (tertiary alicyclic amines) is 2. The average molecular weight is 394 g/mol. The van der Waals surface area contributed by atoms with E-state index in [1.165, 1.54) is 24.3 Å². The van der Waals surface area contributed by atoms with E-state index in [0.717, 1.165) is 25.5 Å². The molecule has 0 radical (unpaired) electrons. The zero-order valence-electron chi connectivity index (χ0n) is 15.9. The molecule has 5 nitrogen and oxygen atoms in total. The van der Waals surface area contributed by atoms with Crippen LogP contribution in [-0.2, 0) is 4.79 Å². The molecule has 2 saturated heterocycles. The molecule has 2 fully saturated rings. The first-order valence-corrected chi connectivity index (χ1v) is 9.92. The van der Waals surface area contributed by atoms with Gasteiger partial charge >= 0.3 is 0 Å². The number of aliphatic hydroxyl groups is 2. The fourth-order valence-corrected chi connectivity index (χ4v) is 4.06. The molecule has 0 aromatic heterocycles. The van der Waals surface area contributed by atoms with E-state index in [1.54, 1.807) is 4.90 Å². The monoisotopic (exact) mass is 394 g/mol. The van der Waals surface area contributed by atoms with Crippen LogP contribution < -0.4 is 0 Å². The summed E-state index contributed by atoms with van der Waals surface area (Å²) in [6.45, 7) is 3.16. The van der Waals surface area contributed by atoms with Crippen LogP contribution in [0.1, 0.15) is 31.2 Å². The van der Waals surface area contributed by atoms with Crippen molar-refractivity contribution in [1.82, 2.24) is 9.80 Å². The first-order chi connectivity index (χ1) is 13.4. The van der Waals surface area contributed by atoms with E-state index < -0.39 is 17.7 Å². The molecule has 154 valence electrons. The van der Waals surface area contributed by atoms with E-state index in [2.05, 4.69) is 4.90 Å². The van der Waals surface area contributed by atoms with Crippen molar-refractivity contribution < 1.29 is 23.8 Å². The van der Waals surface area contributed by atoms with Gasteiger partial charge in [-0.25, -0.2) is 8.78 Å². The van der Waals surface area contributed by atoms with Crippen molar-refractivity contribution in [3.8, 4) is 0 Å². The standard InChI is InChI=1S/C21H28F2N2O3/c22-17-10-15(11-18(23)12-17)3-4-21(28)25-8-5-16(6-9-25)20(27)14-24-7-1-2-19(26)13-24/h3-4,10-12,16,19-20,26-27H,1-2,5-9,13-14H2/b4-3+. The van der Waals surface area contributed by atoms with Crippen LogP contribution in [0.5, 0.6) is 0 Å². The lowest BCUT2D eigenvalue weighted by Gasteiger charge is -2.37. The summed E-state index contributed by atoms with van der Waals surface area (Å²) in [5.41, 5.74) is 0.305. The van der Waals surface area contributed by atoms with Crippen LogP contribution in [0.25, 0.3) is 6.08 Å². The van der Waals surface area contributed by atoms with Crippen LogP contribution in [0.4, 0.5) is 8.78 Å². The summed E-state index contributed by atoms with van der Waals surface area (Å²) in [5, 5.41) is 20.3. The molecule has 2 aliphatic heterocycles. The molecule has 0 spiro atoms. The molecule has 0 bridgehead atoms. The van der Waals surface area contributed by atoms with Gasteiger partial charge in [0.2, 0.25) is 5.91 Å². The number of benzene rings is 1. The van der Waals surface area contributed by atoms with Crippen LogP contribution >= 0.6 is 0 Å². The number of piperidine rings is 2. The number of amides is 1. The van der Waals surface area contributed by atoms with Crippen molar-refractivity contribution in [3.63, 3.8) is 0 Å².